The summed E-state index contributed by atoms with van der Waals surface area (Å²) in [6.45, 7) is 8.43. The maximum absolute atomic E-state index is 11.1. The van der Waals surface area contributed by atoms with Gasteiger partial charge in [0.2, 0.25) is 0 Å². The van der Waals surface area contributed by atoms with Crippen molar-refractivity contribution >= 4 is 5.97 Å². The van der Waals surface area contributed by atoms with Gasteiger partial charge in [0.15, 0.2) is 0 Å². The van der Waals surface area contributed by atoms with Crippen LogP contribution in [-0.2, 0) is 6.61 Å². The van der Waals surface area contributed by atoms with Crippen molar-refractivity contribution in [3.8, 4) is 5.75 Å². The number of hydrogen-bond donors (Lipinski definition) is 1. The summed E-state index contributed by atoms with van der Waals surface area (Å²) in [6, 6.07) is 9.37. The Hall–Kier alpha value is -2.29. The highest BCUT2D eigenvalue weighted by Crippen LogP contribution is 2.24. The summed E-state index contributed by atoms with van der Waals surface area (Å²) < 4.78 is 5.85. The van der Waals surface area contributed by atoms with Crippen molar-refractivity contribution in [2.75, 3.05) is 0 Å². The molecule has 1 N–H and O–H groups in total. The largest absolute Gasteiger partial charge is 0.489 e. The number of aryl methyl sites for hydroxylation is 3. The number of carboxylic acid groups (broad SMARTS) is 1. The summed E-state index contributed by atoms with van der Waals surface area (Å²) in [5.74, 6) is -0.310. The topological polar surface area (TPSA) is 46.5 Å². The van der Waals surface area contributed by atoms with E-state index in [2.05, 4.69) is 32.9 Å². The van der Waals surface area contributed by atoms with Crippen LogP contribution in [0, 0.1) is 27.7 Å². The van der Waals surface area contributed by atoms with Crippen LogP contribution in [-0.4, -0.2) is 11.1 Å². The van der Waals surface area contributed by atoms with Gasteiger partial charge in [0.1, 0.15) is 12.4 Å². The molecule has 0 amide bonds. The first-order valence-electron chi connectivity index (χ1n) is 6.92. The maximum atomic E-state index is 11.1. The first kappa shape index (κ1) is 15.1. The van der Waals surface area contributed by atoms with Gasteiger partial charge in [-0.1, -0.05) is 23.8 Å². The highest BCUT2D eigenvalue weighted by atomic mass is 16.5. The van der Waals surface area contributed by atoms with Crippen molar-refractivity contribution in [1.29, 1.82) is 0 Å². The van der Waals surface area contributed by atoms with Crippen LogP contribution in [0.3, 0.4) is 0 Å². The lowest BCUT2D eigenvalue weighted by atomic mass is 10.0. The van der Waals surface area contributed by atoms with E-state index in [0.717, 1.165) is 5.56 Å². The Morgan fingerprint density at radius 1 is 1.10 bits per heavy atom. The molecular weight excluding hydrogens is 264 g/mol. The average molecular weight is 284 g/mol. The normalized spacial score (nSPS) is 10.5. The van der Waals surface area contributed by atoms with Crippen LogP contribution in [0.1, 0.15) is 38.2 Å². The molecule has 0 unspecified atom stereocenters. The SMILES string of the molecule is Cc1cc(C)c(COc2cccc(C(=O)O)c2C)c(C)c1. The van der Waals surface area contributed by atoms with Gasteiger partial charge in [-0.3, -0.25) is 0 Å². The van der Waals surface area contributed by atoms with Crippen LogP contribution >= 0.6 is 0 Å². The lowest BCUT2D eigenvalue weighted by molar-refractivity contribution is 0.0695. The molecule has 110 valence electrons. The van der Waals surface area contributed by atoms with Gasteiger partial charge in [0.05, 0.1) is 5.56 Å². The third-order valence-corrected chi connectivity index (χ3v) is 3.73. The van der Waals surface area contributed by atoms with E-state index in [1.165, 1.54) is 16.7 Å². The molecule has 0 spiro atoms. The van der Waals surface area contributed by atoms with Crippen molar-refractivity contribution in [2.45, 2.75) is 34.3 Å². The molecule has 0 aliphatic rings. The predicted octanol–water partition coefficient (Wildman–Crippen LogP) is 4.20. The minimum atomic E-state index is -0.930. The fourth-order valence-corrected chi connectivity index (χ4v) is 2.59. The Kier molecular flexibility index (Phi) is 4.32. The number of carboxylic acids is 1. The zero-order chi connectivity index (χ0) is 15.6. The van der Waals surface area contributed by atoms with Crippen LogP contribution in [0.2, 0.25) is 0 Å². The van der Waals surface area contributed by atoms with Gasteiger partial charge in [-0.05, 0) is 56.5 Å². The standard InChI is InChI=1S/C18H20O3/c1-11-8-12(2)16(13(3)9-11)10-21-17-7-5-6-15(14(17)4)18(19)20/h5-9H,10H2,1-4H3,(H,19,20). The number of benzene rings is 2. The van der Waals surface area contributed by atoms with Crippen molar-refractivity contribution in [2.24, 2.45) is 0 Å². The average Bonchev–Trinajstić information content (AvgIpc) is 2.38. The molecule has 0 aliphatic carbocycles. The molecule has 0 saturated heterocycles. The fraction of sp³-hybridized carbons (Fsp3) is 0.278. The van der Waals surface area contributed by atoms with E-state index in [9.17, 15) is 4.79 Å². The van der Waals surface area contributed by atoms with Crippen LogP contribution in [0.4, 0.5) is 0 Å². The molecule has 0 aliphatic heterocycles. The second-order valence-corrected chi connectivity index (χ2v) is 5.40. The Balaban J connectivity index is 2.25. The van der Waals surface area contributed by atoms with Crippen molar-refractivity contribution in [1.82, 2.24) is 0 Å². The highest BCUT2D eigenvalue weighted by molar-refractivity contribution is 5.90. The van der Waals surface area contributed by atoms with Crippen LogP contribution in [0.15, 0.2) is 30.3 Å². The summed E-state index contributed by atoms with van der Waals surface area (Å²) in [5.41, 5.74) is 5.72. The molecule has 2 rings (SSSR count). The smallest absolute Gasteiger partial charge is 0.336 e. The van der Waals surface area contributed by atoms with E-state index < -0.39 is 5.97 Å². The molecule has 0 aromatic heterocycles. The van der Waals surface area contributed by atoms with E-state index in [1.54, 1.807) is 25.1 Å². The van der Waals surface area contributed by atoms with E-state index in [1.807, 2.05) is 0 Å². The van der Waals surface area contributed by atoms with E-state index >= 15 is 0 Å². The minimum absolute atomic E-state index is 0.282. The quantitative estimate of drug-likeness (QED) is 0.915. The molecular formula is C18H20O3. The summed E-state index contributed by atoms with van der Waals surface area (Å²) >= 11 is 0. The minimum Gasteiger partial charge on any atom is -0.489 e. The molecule has 2 aromatic carbocycles. The number of rotatable bonds is 4. The van der Waals surface area contributed by atoms with Crippen LogP contribution in [0.25, 0.3) is 0 Å². The monoisotopic (exact) mass is 284 g/mol. The first-order valence-corrected chi connectivity index (χ1v) is 6.92. The Labute approximate surface area is 125 Å². The molecule has 0 bridgehead atoms. The molecule has 0 saturated carbocycles. The van der Waals surface area contributed by atoms with E-state index in [0.29, 0.717) is 17.9 Å². The van der Waals surface area contributed by atoms with Gasteiger partial charge in [-0.15, -0.1) is 0 Å². The Bertz CT molecular complexity index is 664. The van der Waals surface area contributed by atoms with Gasteiger partial charge in [0.25, 0.3) is 0 Å². The van der Waals surface area contributed by atoms with Gasteiger partial charge in [-0.2, -0.15) is 0 Å². The zero-order valence-corrected chi connectivity index (χ0v) is 12.9. The van der Waals surface area contributed by atoms with Crippen molar-refractivity contribution in [3.05, 3.63) is 63.7 Å². The Morgan fingerprint density at radius 2 is 1.71 bits per heavy atom. The third kappa shape index (κ3) is 3.24. The first-order chi connectivity index (χ1) is 9.90. The number of aromatic carboxylic acids is 1. The van der Waals surface area contributed by atoms with Crippen molar-refractivity contribution < 1.29 is 14.6 Å². The van der Waals surface area contributed by atoms with Gasteiger partial charge in [-0.25, -0.2) is 4.79 Å². The summed E-state index contributed by atoms with van der Waals surface area (Å²) in [6.07, 6.45) is 0. The van der Waals surface area contributed by atoms with Gasteiger partial charge >= 0.3 is 5.97 Å². The lowest BCUT2D eigenvalue weighted by Crippen LogP contribution is -2.05. The van der Waals surface area contributed by atoms with Crippen LogP contribution < -0.4 is 4.74 Å². The maximum Gasteiger partial charge on any atom is 0.336 e. The summed E-state index contributed by atoms with van der Waals surface area (Å²) in [5, 5.41) is 9.14. The second kappa shape index (κ2) is 6.00. The highest BCUT2D eigenvalue weighted by Gasteiger charge is 2.12. The molecule has 0 heterocycles. The predicted molar refractivity (Wildman–Crippen MR) is 83.1 cm³/mol. The Morgan fingerprint density at radius 3 is 2.29 bits per heavy atom. The van der Waals surface area contributed by atoms with E-state index in [-0.39, 0.29) is 5.56 Å². The third-order valence-electron chi connectivity index (χ3n) is 3.73. The number of carbonyl (C=O) groups is 1. The summed E-state index contributed by atoms with van der Waals surface area (Å²) in [7, 11) is 0. The van der Waals surface area contributed by atoms with E-state index in [4.69, 9.17) is 9.84 Å². The summed E-state index contributed by atoms with van der Waals surface area (Å²) in [4.78, 5) is 11.1. The molecule has 3 nitrogen and oxygen atoms in total. The molecule has 3 heteroatoms. The van der Waals surface area contributed by atoms with Crippen molar-refractivity contribution in [3.63, 3.8) is 0 Å². The second-order valence-electron chi connectivity index (χ2n) is 5.40. The molecule has 0 atom stereocenters. The lowest BCUT2D eigenvalue weighted by Gasteiger charge is -2.15. The molecule has 0 radical (unpaired) electrons. The zero-order valence-electron chi connectivity index (χ0n) is 12.9. The molecule has 21 heavy (non-hydrogen) atoms. The number of ether oxygens (including phenoxy) is 1. The molecule has 2 aromatic rings. The number of hydrogen-bond acceptors (Lipinski definition) is 2. The van der Waals surface area contributed by atoms with Gasteiger partial charge < -0.3 is 9.84 Å². The fourth-order valence-electron chi connectivity index (χ4n) is 2.59. The van der Waals surface area contributed by atoms with Crippen LogP contribution in [0.5, 0.6) is 5.75 Å². The molecule has 0 fully saturated rings. The van der Waals surface area contributed by atoms with Gasteiger partial charge in [0, 0.05) is 5.56 Å².